The second-order valence-electron chi connectivity index (χ2n) is 4.71. The lowest BCUT2D eigenvalue weighted by Gasteiger charge is -2.07. The molecule has 0 saturated heterocycles. The molecule has 3 heteroatoms. The summed E-state index contributed by atoms with van der Waals surface area (Å²) in [6.07, 6.45) is 0. The van der Waals surface area contributed by atoms with Gasteiger partial charge in [-0.2, -0.15) is 0 Å². The maximum Gasteiger partial charge on any atom is 0.173 e. The zero-order chi connectivity index (χ0) is 14.5. The molecule has 0 unspecified atom stereocenters. The minimum absolute atomic E-state index is 0.138. The van der Waals surface area contributed by atoms with Gasteiger partial charge in [-0.1, -0.05) is 17.7 Å². The molecule has 2 aromatic carbocycles. The van der Waals surface area contributed by atoms with Gasteiger partial charge in [0.15, 0.2) is 5.78 Å². The van der Waals surface area contributed by atoms with Crippen molar-refractivity contribution in [1.82, 2.24) is 0 Å². The first-order valence-electron chi connectivity index (χ1n) is 6.47. The predicted octanol–water partition coefficient (Wildman–Crippen LogP) is 4.29. The van der Waals surface area contributed by atoms with Crippen molar-refractivity contribution in [3.05, 3.63) is 59.2 Å². The summed E-state index contributed by atoms with van der Waals surface area (Å²) in [6, 6.07) is 13.6. The molecule has 20 heavy (non-hydrogen) atoms. The lowest BCUT2D eigenvalue weighted by molar-refractivity contribution is 0.102. The molecule has 0 spiro atoms. The van der Waals surface area contributed by atoms with Crippen LogP contribution in [-0.4, -0.2) is 18.6 Å². The van der Waals surface area contributed by atoms with Crippen molar-refractivity contribution in [2.75, 3.05) is 12.9 Å². The summed E-state index contributed by atoms with van der Waals surface area (Å²) in [4.78, 5) is 13.3. The van der Waals surface area contributed by atoms with Crippen LogP contribution >= 0.6 is 11.8 Å². The summed E-state index contributed by atoms with van der Waals surface area (Å²) in [5.41, 5.74) is 3.15. The summed E-state index contributed by atoms with van der Waals surface area (Å²) in [7, 11) is 1.62. The lowest BCUT2D eigenvalue weighted by atomic mass is 10.1. The van der Waals surface area contributed by atoms with Crippen LogP contribution in [0.25, 0.3) is 0 Å². The highest BCUT2D eigenvalue weighted by Crippen LogP contribution is 2.24. The van der Waals surface area contributed by atoms with Crippen LogP contribution in [0.3, 0.4) is 0 Å². The van der Waals surface area contributed by atoms with E-state index >= 15 is 0 Å². The van der Waals surface area contributed by atoms with Crippen molar-refractivity contribution in [1.29, 1.82) is 0 Å². The molecule has 0 bridgehead atoms. The monoisotopic (exact) mass is 286 g/mol. The molecule has 104 valence electrons. The summed E-state index contributed by atoms with van der Waals surface area (Å²) < 4.78 is 5.09. The molecule has 2 nitrogen and oxygen atoms in total. The third-order valence-electron chi connectivity index (χ3n) is 3.11. The van der Waals surface area contributed by atoms with Crippen molar-refractivity contribution in [2.45, 2.75) is 18.7 Å². The number of carbonyl (C=O) groups is 1. The van der Waals surface area contributed by atoms with Gasteiger partial charge in [-0.3, -0.25) is 4.79 Å². The number of aryl methyl sites for hydroxylation is 2. The number of thioether (sulfide) groups is 1. The number of benzene rings is 2. The van der Waals surface area contributed by atoms with Crippen LogP contribution in [0.4, 0.5) is 0 Å². The fourth-order valence-corrected chi connectivity index (χ4v) is 2.88. The second-order valence-corrected chi connectivity index (χ2v) is 5.73. The molecule has 0 N–H and O–H groups in total. The van der Waals surface area contributed by atoms with Crippen molar-refractivity contribution >= 4 is 17.5 Å². The quantitative estimate of drug-likeness (QED) is 0.606. The number of rotatable bonds is 5. The Hall–Kier alpha value is -1.74. The van der Waals surface area contributed by atoms with Gasteiger partial charge in [0.1, 0.15) is 5.75 Å². The molecular weight excluding hydrogens is 268 g/mol. The average molecular weight is 286 g/mol. The van der Waals surface area contributed by atoms with E-state index in [4.69, 9.17) is 4.74 Å². The fraction of sp³-hybridized carbons (Fsp3) is 0.235. The number of ketones is 1. The van der Waals surface area contributed by atoms with Crippen LogP contribution in [0.1, 0.15) is 21.5 Å². The molecule has 0 fully saturated rings. The van der Waals surface area contributed by atoms with Crippen LogP contribution < -0.4 is 4.74 Å². The minimum atomic E-state index is 0.138. The fourth-order valence-electron chi connectivity index (χ4n) is 1.87. The Morgan fingerprint density at radius 1 is 1.10 bits per heavy atom. The summed E-state index contributed by atoms with van der Waals surface area (Å²) in [6.45, 7) is 4.13. The van der Waals surface area contributed by atoms with Gasteiger partial charge in [0.2, 0.25) is 0 Å². The molecule has 0 atom stereocenters. The van der Waals surface area contributed by atoms with Crippen molar-refractivity contribution in [2.24, 2.45) is 0 Å². The third kappa shape index (κ3) is 3.64. The number of carbonyl (C=O) groups excluding carboxylic acids is 1. The number of Topliss-reactive ketones (excluding diaryl/α,β-unsaturated/α-hetero) is 1. The molecule has 0 aliphatic carbocycles. The van der Waals surface area contributed by atoms with Gasteiger partial charge in [-0.15, -0.1) is 11.8 Å². The molecular formula is C17H18O2S. The second kappa shape index (κ2) is 6.62. The third-order valence-corrected chi connectivity index (χ3v) is 4.27. The number of methoxy groups -OCH3 is 1. The van der Waals surface area contributed by atoms with Crippen molar-refractivity contribution in [3.63, 3.8) is 0 Å². The normalized spacial score (nSPS) is 10.3. The van der Waals surface area contributed by atoms with Crippen LogP contribution in [0.15, 0.2) is 47.4 Å². The zero-order valence-electron chi connectivity index (χ0n) is 12.0. The molecule has 0 amide bonds. The van der Waals surface area contributed by atoms with Gasteiger partial charge >= 0.3 is 0 Å². The van der Waals surface area contributed by atoms with Gasteiger partial charge in [0.25, 0.3) is 0 Å². The van der Waals surface area contributed by atoms with Gasteiger partial charge in [0.05, 0.1) is 12.9 Å². The van der Waals surface area contributed by atoms with Crippen molar-refractivity contribution < 1.29 is 9.53 Å². The molecule has 0 aliphatic rings. The maximum absolute atomic E-state index is 12.2. The van der Waals surface area contributed by atoms with Gasteiger partial charge in [0, 0.05) is 10.5 Å². The van der Waals surface area contributed by atoms with E-state index in [2.05, 4.69) is 32.0 Å². The van der Waals surface area contributed by atoms with E-state index in [0.29, 0.717) is 5.75 Å². The molecule has 0 radical (unpaired) electrons. The Morgan fingerprint density at radius 3 is 2.45 bits per heavy atom. The Bertz CT molecular complexity index is 603. The molecule has 0 heterocycles. The number of hydrogen-bond acceptors (Lipinski definition) is 3. The lowest BCUT2D eigenvalue weighted by Crippen LogP contribution is -2.02. The summed E-state index contributed by atoms with van der Waals surface area (Å²) in [5, 5.41) is 0. The first-order chi connectivity index (χ1) is 9.60. The Labute approximate surface area is 124 Å². The highest BCUT2D eigenvalue weighted by molar-refractivity contribution is 8.00. The average Bonchev–Trinajstić information content (AvgIpc) is 2.48. The maximum atomic E-state index is 12.2. The highest BCUT2D eigenvalue weighted by atomic mass is 32.2. The van der Waals surface area contributed by atoms with E-state index in [-0.39, 0.29) is 5.78 Å². The van der Waals surface area contributed by atoms with Crippen LogP contribution in [0, 0.1) is 13.8 Å². The standard InChI is InChI=1S/C17H18O2S/c1-12-4-5-13(2)17(10-12)20-11-16(18)14-6-8-15(19-3)9-7-14/h4-10H,11H2,1-3H3. The zero-order valence-corrected chi connectivity index (χ0v) is 12.8. The Morgan fingerprint density at radius 2 is 1.80 bits per heavy atom. The van der Waals surface area contributed by atoms with E-state index in [1.54, 1.807) is 18.9 Å². The van der Waals surface area contributed by atoms with Crippen LogP contribution in [0.5, 0.6) is 5.75 Å². The Kier molecular flexibility index (Phi) is 4.85. The molecule has 0 aromatic heterocycles. The van der Waals surface area contributed by atoms with Crippen LogP contribution in [-0.2, 0) is 0 Å². The smallest absolute Gasteiger partial charge is 0.173 e. The summed E-state index contributed by atoms with van der Waals surface area (Å²) in [5.74, 6) is 1.36. The van der Waals surface area contributed by atoms with E-state index in [1.165, 1.54) is 16.0 Å². The summed E-state index contributed by atoms with van der Waals surface area (Å²) >= 11 is 1.59. The largest absolute Gasteiger partial charge is 0.497 e. The first kappa shape index (κ1) is 14.7. The number of ether oxygens (including phenoxy) is 1. The van der Waals surface area contributed by atoms with E-state index in [1.807, 2.05) is 24.3 Å². The van der Waals surface area contributed by atoms with E-state index in [0.717, 1.165) is 11.3 Å². The molecule has 2 rings (SSSR count). The van der Waals surface area contributed by atoms with Gasteiger partial charge < -0.3 is 4.74 Å². The predicted molar refractivity (Wildman–Crippen MR) is 84.0 cm³/mol. The Balaban J connectivity index is 2.02. The first-order valence-corrected chi connectivity index (χ1v) is 7.46. The number of hydrogen-bond donors (Lipinski definition) is 0. The van der Waals surface area contributed by atoms with Gasteiger partial charge in [-0.05, 0) is 49.7 Å². The topological polar surface area (TPSA) is 26.3 Å². The SMILES string of the molecule is COc1ccc(C(=O)CSc2cc(C)ccc2C)cc1. The minimum Gasteiger partial charge on any atom is -0.497 e. The molecule has 2 aromatic rings. The highest BCUT2D eigenvalue weighted by Gasteiger charge is 2.08. The van der Waals surface area contributed by atoms with E-state index < -0.39 is 0 Å². The van der Waals surface area contributed by atoms with E-state index in [9.17, 15) is 4.79 Å². The van der Waals surface area contributed by atoms with Gasteiger partial charge in [-0.25, -0.2) is 0 Å². The van der Waals surface area contributed by atoms with Crippen LogP contribution in [0.2, 0.25) is 0 Å². The molecule has 0 aliphatic heterocycles. The molecule has 0 saturated carbocycles. The van der Waals surface area contributed by atoms with Crippen molar-refractivity contribution in [3.8, 4) is 5.75 Å².